The quantitative estimate of drug-likeness (QED) is 0.323. The average Bonchev–Trinajstić information content (AvgIpc) is 2.30. The molecule has 1 rings (SSSR count). The molecule has 0 aromatic carbocycles. The van der Waals surface area contributed by atoms with E-state index in [1.807, 2.05) is 0 Å². The van der Waals surface area contributed by atoms with Crippen LogP contribution in [0.3, 0.4) is 0 Å². The molecule has 2 nitrogen and oxygen atoms in total. The van der Waals surface area contributed by atoms with Crippen LogP contribution >= 0.6 is 9.12 Å². The lowest BCUT2D eigenvalue weighted by molar-refractivity contribution is 0.607. The third-order valence-corrected chi connectivity index (χ3v) is 0.671. The van der Waals surface area contributed by atoms with Gasteiger partial charge in [-0.25, -0.2) is 0 Å². The largest absolute Gasteiger partial charge is 0.310 e. The molecule has 1 aliphatic rings. The zero-order valence-corrected chi connectivity index (χ0v) is 5.00. The van der Waals surface area contributed by atoms with Crippen LogP contribution in [0, 0.1) is 0 Å². The molecule has 36 valence electrons. The monoisotopic (exact) mass is 106 g/mol. The molecular weight excluding hydrogens is 97.0 g/mol. The molecule has 0 radical (unpaired) electrons. The van der Waals surface area contributed by atoms with Crippen LogP contribution < -0.4 is 0 Å². The molecule has 0 aliphatic carbocycles. The molecule has 1 aliphatic heterocycles. The predicted octanol–water partition coefficient (Wildman–Crippen LogP) is 0.139. The van der Waals surface area contributed by atoms with Crippen LogP contribution in [0.1, 0.15) is 0 Å². The Morgan fingerprint density at radius 3 is 1.67 bits per heavy atom. The molecule has 1 saturated heterocycles. The van der Waals surface area contributed by atoms with Gasteiger partial charge in [0.15, 0.2) is 0 Å². The van der Waals surface area contributed by atoms with Crippen LogP contribution in [-0.4, -0.2) is 25.0 Å². The second-order valence-corrected chi connectivity index (χ2v) is 1.30. The first-order chi connectivity index (χ1) is 2.89. The first-order valence-electron chi connectivity index (χ1n) is 1.82. The third kappa shape index (κ3) is 4.06. The van der Waals surface area contributed by atoms with E-state index in [-0.39, 0.29) is 0 Å². The minimum Gasteiger partial charge on any atom is -0.304 e. The van der Waals surface area contributed by atoms with E-state index in [2.05, 4.69) is 11.9 Å². The van der Waals surface area contributed by atoms with E-state index in [9.17, 15) is 0 Å². The number of nitrogens with zero attached hydrogens (tertiary/aromatic N) is 1. The van der Waals surface area contributed by atoms with Gasteiger partial charge in [-0.15, -0.1) is 0 Å². The van der Waals surface area contributed by atoms with Gasteiger partial charge in [0.2, 0.25) is 0 Å². The van der Waals surface area contributed by atoms with E-state index in [4.69, 9.17) is 4.57 Å². The Morgan fingerprint density at radius 1 is 1.50 bits per heavy atom. The summed E-state index contributed by atoms with van der Waals surface area (Å²) in [6, 6.07) is 0. The normalized spacial score (nSPS) is 18.2. The molecule has 0 bridgehead atoms. The van der Waals surface area contributed by atoms with Gasteiger partial charge in [0.1, 0.15) is 0 Å². The van der Waals surface area contributed by atoms with Gasteiger partial charge in [0.25, 0.3) is 0 Å². The standard InChI is InChI=1S/C3H7N.H2OP/c1-4-2-3-4;1-2/h2-3H2,1H3;2H2/q;+1. The summed E-state index contributed by atoms with van der Waals surface area (Å²) in [5, 5.41) is 0. The number of hydrogen-bond acceptors (Lipinski definition) is 2. The van der Waals surface area contributed by atoms with Crippen molar-refractivity contribution in [2.24, 2.45) is 0 Å². The van der Waals surface area contributed by atoms with E-state index < -0.39 is 0 Å². The van der Waals surface area contributed by atoms with Gasteiger partial charge < -0.3 is 4.90 Å². The molecule has 1 heterocycles. The van der Waals surface area contributed by atoms with Crippen LogP contribution in [0.4, 0.5) is 0 Å². The van der Waals surface area contributed by atoms with Gasteiger partial charge in [-0.3, -0.25) is 0 Å². The van der Waals surface area contributed by atoms with Crippen molar-refractivity contribution < 1.29 is 4.57 Å². The minimum absolute atomic E-state index is 1.17. The van der Waals surface area contributed by atoms with Crippen LogP contribution in [-0.2, 0) is 4.57 Å². The van der Waals surface area contributed by atoms with Gasteiger partial charge in [-0.2, -0.15) is 0 Å². The lowest BCUT2D eigenvalue weighted by Gasteiger charge is -1.66. The highest BCUT2D eigenvalue weighted by atomic mass is 31.0. The summed E-state index contributed by atoms with van der Waals surface area (Å²) in [6.45, 7) is 2.64. The Labute approximate surface area is 39.8 Å². The average molecular weight is 106 g/mol. The van der Waals surface area contributed by atoms with Gasteiger partial charge in [-0.1, -0.05) is 4.57 Å². The van der Waals surface area contributed by atoms with E-state index in [1.165, 1.54) is 22.2 Å². The Kier molecular flexibility index (Phi) is 3.29. The Morgan fingerprint density at radius 2 is 1.67 bits per heavy atom. The van der Waals surface area contributed by atoms with Crippen LogP contribution in [0.15, 0.2) is 0 Å². The van der Waals surface area contributed by atoms with Gasteiger partial charge >= 0.3 is 9.12 Å². The number of likely N-dealkylation sites (N-methyl/N-ethyl adjacent to an activating group) is 1. The van der Waals surface area contributed by atoms with Crippen molar-refractivity contribution in [2.45, 2.75) is 0 Å². The molecule has 0 aromatic rings. The zero-order chi connectivity index (χ0) is 4.99. The van der Waals surface area contributed by atoms with Crippen LogP contribution in [0.2, 0.25) is 0 Å². The highest BCUT2D eigenvalue weighted by Gasteiger charge is 2.07. The Balaban J connectivity index is 0.000000112. The second kappa shape index (κ2) is 3.26. The summed E-state index contributed by atoms with van der Waals surface area (Å²) in [4.78, 5) is 2.25. The summed E-state index contributed by atoms with van der Waals surface area (Å²) < 4.78 is 8.17. The fourth-order valence-electron chi connectivity index (χ4n) is 0.1000. The first-order valence-corrected chi connectivity index (χ1v) is 2.29. The maximum absolute atomic E-state index is 8.17. The lowest BCUT2D eigenvalue weighted by Crippen LogP contribution is -1.75. The molecular formula is C3H9NOP+. The smallest absolute Gasteiger partial charge is 0.304 e. The topological polar surface area (TPSA) is 20.1 Å². The van der Waals surface area contributed by atoms with E-state index in [0.29, 0.717) is 0 Å². The van der Waals surface area contributed by atoms with Crippen molar-refractivity contribution in [1.82, 2.24) is 4.90 Å². The maximum atomic E-state index is 8.17. The third-order valence-electron chi connectivity index (χ3n) is 0.671. The molecule has 0 amide bonds. The molecule has 3 heteroatoms. The number of hydrogen-bond donors (Lipinski definition) is 0. The molecule has 0 spiro atoms. The van der Waals surface area contributed by atoms with Gasteiger partial charge in [0, 0.05) is 13.1 Å². The van der Waals surface area contributed by atoms with E-state index in [0.717, 1.165) is 0 Å². The second-order valence-electron chi connectivity index (χ2n) is 1.30. The maximum Gasteiger partial charge on any atom is 0.310 e. The van der Waals surface area contributed by atoms with Gasteiger partial charge in [-0.05, 0) is 7.05 Å². The molecule has 1 unspecified atom stereocenters. The highest BCUT2D eigenvalue weighted by molar-refractivity contribution is 7.00. The SMILES string of the molecule is CN1CC1.O=[PH2+]. The fourth-order valence-corrected chi connectivity index (χ4v) is 0.1000. The summed E-state index contributed by atoms with van der Waals surface area (Å²) in [7, 11) is 3.28. The molecule has 0 saturated carbocycles. The summed E-state index contributed by atoms with van der Waals surface area (Å²) in [6.07, 6.45) is 0. The molecule has 6 heavy (non-hydrogen) atoms. The Hall–Kier alpha value is 0.0600. The van der Waals surface area contributed by atoms with Crippen molar-refractivity contribution in [3.05, 3.63) is 0 Å². The van der Waals surface area contributed by atoms with Crippen molar-refractivity contribution in [3.8, 4) is 0 Å². The number of rotatable bonds is 0. The summed E-state index contributed by atoms with van der Waals surface area (Å²) in [5.41, 5.74) is 0. The summed E-state index contributed by atoms with van der Waals surface area (Å²) >= 11 is 0. The van der Waals surface area contributed by atoms with Gasteiger partial charge in [0.05, 0.1) is 0 Å². The molecule has 0 N–H and O–H groups in total. The van der Waals surface area contributed by atoms with Crippen molar-refractivity contribution in [3.63, 3.8) is 0 Å². The van der Waals surface area contributed by atoms with E-state index >= 15 is 0 Å². The lowest BCUT2D eigenvalue weighted by atomic mass is 11.0. The fraction of sp³-hybridized carbons (Fsp3) is 1.00. The zero-order valence-electron chi connectivity index (χ0n) is 3.85. The minimum atomic E-state index is 1.17. The molecule has 1 atom stereocenters. The molecule has 0 aromatic heterocycles. The van der Waals surface area contributed by atoms with Crippen LogP contribution in [0.25, 0.3) is 0 Å². The molecule has 1 fully saturated rings. The highest BCUT2D eigenvalue weighted by Crippen LogP contribution is 1.93. The predicted molar refractivity (Wildman–Crippen MR) is 27.9 cm³/mol. The van der Waals surface area contributed by atoms with Crippen LogP contribution in [0.5, 0.6) is 0 Å². The van der Waals surface area contributed by atoms with Crippen molar-refractivity contribution in [1.29, 1.82) is 0 Å². The van der Waals surface area contributed by atoms with Crippen molar-refractivity contribution in [2.75, 3.05) is 20.1 Å². The first kappa shape index (κ1) is 6.06. The Bertz CT molecular complexity index is 37.8. The van der Waals surface area contributed by atoms with E-state index in [1.54, 1.807) is 0 Å². The van der Waals surface area contributed by atoms with Crippen molar-refractivity contribution >= 4 is 9.12 Å². The summed E-state index contributed by atoms with van der Waals surface area (Å²) in [5.74, 6) is 0.